The van der Waals surface area contributed by atoms with Gasteiger partial charge in [0.2, 0.25) is 0 Å². The zero-order valence-corrected chi connectivity index (χ0v) is 21.2. The number of aromatic carboxylic acids is 1. The maximum atomic E-state index is 15.8. The Hall–Kier alpha value is -3.14. The Morgan fingerprint density at radius 1 is 1.14 bits per heavy atom. The second-order valence-corrected chi connectivity index (χ2v) is 10.3. The normalized spacial score (nSPS) is 16.8. The van der Waals surface area contributed by atoms with Gasteiger partial charge in [0.1, 0.15) is 16.3 Å². The molecule has 4 heterocycles. The number of rotatable bonds is 5. The van der Waals surface area contributed by atoms with Crippen LogP contribution in [0.25, 0.3) is 16.3 Å². The minimum absolute atomic E-state index is 0.00702. The summed E-state index contributed by atoms with van der Waals surface area (Å²) < 4.78 is 31.6. The second kappa shape index (κ2) is 9.06. The predicted molar refractivity (Wildman–Crippen MR) is 134 cm³/mol. The van der Waals surface area contributed by atoms with E-state index in [4.69, 9.17) is 28.3 Å². The van der Waals surface area contributed by atoms with Crippen molar-refractivity contribution in [2.24, 2.45) is 0 Å². The average Bonchev–Trinajstić information content (AvgIpc) is 3.53. The van der Waals surface area contributed by atoms with Gasteiger partial charge in [0.05, 0.1) is 15.6 Å². The number of carboxylic acids is 1. The lowest BCUT2D eigenvalue weighted by Crippen LogP contribution is -2.24. The van der Waals surface area contributed by atoms with Gasteiger partial charge in [0.25, 0.3) is 5.56 Å². The van der Waals surface area contributed by atoms with Gasteiger partial charge in [-0.15, -0.1) is 11.3 Å². The number of aryl methyl sites for hydroxylation is 2. The summed E-state index contributed by atoms with van der Waals surface area (Å²) in [7, 11) is 0. The molecule has 184 valence electrons. The summed E-state index contributed by atoms with van der Waals surface area (Å²) in [4.78, 5) is 32.5. The van der Waals surface area contributed by atoms with Crippen molar-refractivity contribution in [3.63, 3.8) is 0 Å². The Bertz CT molecular complexity index is 1620. The second-order valence-electron chi connectivity index (χ2n) is 8.63. The van der Waals surface area contributed by atoms with Crippen molar-refractivity contribution in [3.05, 3.63) is 96.1 Å². The van der Waals surface area contributed by atoms with E-state index in [0.717, 1.165) is 33.3 Å². The number of aromatic nitrogens is 3. The fourth-order valence-electron chi connectivity index (χ4n) is 4.47. The lowest BCUT2D eigenvalue weighted by molar-refractivity contribution is 0.0692. The highest BCUT2D eigenvalue weighted by Gasteiger charge is 2.42. The highest BCUT2D eigenvalue weighted by Crippen LogP contribution is 2.56. The molecule has 4 aromatic rings. The minimum atomic E-state index is -1.47. The van der Waals surface area contributed by atoms with Gasteiger partial charge in [-0.25, -0.2) is 13.6 Å². The Morgan fingerprint density at radius 2 is 1.89 bits per heavy atom. The van der Waals surface area contributed by atoms with Crippen molar-refractivity contribution in [1.29, 1.82) is 0 Å². The maximum Gasteiger partial charge on any atom is 0.339 e. The summed E-state index contributed by atoms with van der Waals surface area (Å²) in [5.74, 6) is -3.39. The van der Waals surface area contributed by atoms with E-state index in [1.54, 1.807) is 32.3 Å². The van der Waals surface area contributed by atoms with Crippen molar-refractivity contribution >= 4 is 40.5 Å². The van der Waals surface area contributed by atoms with Crippen LogP contribution in [-0.4, -0.2) is 25.6 Å². The molecule has 11 heteroatoms. The molecule has 0 bridgehead atoms. The molecule has 1 fully saturated rings. The Balaban J connectivity index is 1.60. The molecule has 1 aliphatic rings. The molecule has 1 saturated carbocycles. The number of nitrogens with zero attached hydrogens (tertiary/aromatic N) is 3. The molecule has 0 spiro atoms. The average molecular weight is 548 g/mol. The molecule has 0 saturated heterocycles. The zero-order chi connectivity index (χ0) is 25.9. The van der Waals surface area contributed by atoms with Crippen LogP contribution in [0.15, 0.2) is 40.9 Å². The molecule has 2 atom stereocenters. The first-order valence-corrected chi connectivity index (χ1v) is 12.4. The van der Waals surface area contributed by atoms with Crippen LogP contribution in [0, 0.1) is 25.5 Å². The number of thiophene rings is 1. The lowest BCUT2D eigenvalue weighted by Gasteiger charge is -2.17. The largest absolute Gasteiger partial charge is 0.478 e. The third-order valence-electron chi connectivity index (χ3n) is 6.28. The molecule has 0 amide bonds. The summed E-state index contributed by atoms with van der Waals surface area (Å²) >= 11 is 13.3. The molecule has 0 unspecified atom stereocenters. The highest BCUT2D eigenvalue weighted by molar-refractivity contribution is 7.13. The highest BCUT2D eigenvalue weighted by atomic mass is 35.5. The van der Waals surface area contributed by atoms with Crippen molar-refractivity contribution < 1.29 is 18.7 Å². The van der Waals surface area contributed by atoms with E-state index in [1.807, 2.05) is 6.07 Å². The summed E-state index contributed by atoms with van der Waals surface area (Å²) in [5, 5.41) is 10.7. The molecule has 0 aliphatic heterocycles. The molecule has 36 heavy (non-hydrogen) atoms. The molecular formula is C25H17Cl2F2N3O3S. The van der Waals surface area contributed by atoms with Crippen molar-refractivity contribution in [2.75, 3.05) is 0 Å². The molecule has 0 aromatic carbocycles. The van der Waals surface area contributed by atoms with E-state index in [0.29, 0.717) is 21.8 Å². The van der Waals surface area contributed by atoms with Crippen LogP contribution in [0.3, 0.4) is 0 Å². The SMILES string of the molecule is Cc1cnc(-c2scc(C(=O)O)c2F)c(F)c1-n1c(C)cc([C@H]2C[C@@H]2c2cncc(Cl)c2)c(Cl)c1=O. The van der Waals surface area contributed by atoms with Crippen LogP contribution >= 0.6 is 34.5 Å². The van der Waals surface area contributed by atoms with Gasteiger partial charge in [0, 0.05) is 29.7 Å². The first-order valence-electron chi connectivity index (χ1n) is 10.8. The van der Waals surface area contributed by atoms with Crippen molar-refractivity contribution in [3.8, 4) is 16.3 Å². The number of hydrogen-bond acceptors (Lipinski definition) is 5. The molecule has 0 radical (unpaired) electrons. The third-order valence-corrected chi connectivity index (χ3v) is 7.83. The fourth-order valence-corrected chi connectivity index (χ4v) is 5.83. The quantitative estimate of drug-likeness (QED) is 0.307. The molecule has 1 N–H and O–H groups in total. The van der Waals surface area contributed by atoms with Crippen molar-refractivity contribution in [2.45, 2.75) is 32.1 Å². The lowest BCUT2D eigenvalue weighted by atomic mass is 10.1. The first kappa shape index (κ1) is 24.5. The van der Waals surface area contributed by atoms with Crippen LogP contribution < -0.4 is 5.56 Å². The first-order chi connectivity index (χ1) is 17.1. The van der Waals surface area contributed by atoms with E-state index in [-0.39, 0.29) is 33.1 Å². The Kier molecular flexibility index (Phi) is 6.18. The van der Waals surface area contributed by atoms with E-state index in [2.05, 4.69) is 9.97 Å². The van der Waals surface area contributed by atoms with E-state index in [9.17, 15) is 14.0 Å². The number of carboxylic acid groups (broad SMARTS) is 1. The maximum absolute atomic E-state index is 15.8. The van der Waals surface area contributed by atoms with E-state index >= 15 is 4.39 Å². The topological polar surface area (TPSA) is 85.1 Å². The van der Waals surface area contributed by atoms with Gasteiger partial charge < -0.3 is 5.11 Å². The number of carbonyl (C=O) groups is 1. The van der Waals surface area contributed by atoms with Crippen molar-refractivity contribution in [1.82, 2.24) is 14.5 Å². The Morgan fingerprint density at radius 3 is 2.56 bits per heavy atom. The Labute approximate surface area is 217 Å². The number of pyridine rings is 3. The van der Waals surface area contributed by atoms with Gasteiger partial charge in [-0.1, -0.05) is 23.2 Å². The summed E-state index contributed by atoms with van der Waals surface area (Å²) in [6.07, 6.45) is 5.35. The van der Waals surface area contributed by atoms with Crippen LogP contribution in [-0.2, 0) is 0 Å². The van der Waals surface area contributed by atoms with Gasteiger partial charge >= 0.3 is 5.97 Å². The predicted octanol–water partition coefficient (Wildman–Crippen LogP) is 6.53. The van der Waals surface area contributed by atoms with Gasteiger partial charge in [-0.05, 0) is 60.9 Å². The molecular weight excluding hydrogens is 531 g/mol. The van der Waals surface area contributed by atoms with Gasteiger partial charge in [0.15, 0.2) is 11.6 Å². The van der Waals surface area contributed by atoms with E-state index < -0.39 is 28.7 Å². The molecule has 1 aliphatic carbocycles. The van der Waals surface area contributed by atoms with Crippen LogP contribution in [0.5, 0.6) is 0 Å². The molecule has 6 nitrogen and oxygen atoms in total. The monoisotopic (exact) mass is 547 g/mol. The summed E-state index contributed by atoms with van der Waals surface area (Å²) in [5.41, 5.74) is 0.681. The van der Waals surface area contributed by atoms with Crippen LogP contribution in [0.2, 0.25) is 10.0 Å². The summed E-state index contributed by atoms with van der Waals surface area (Å²) in [6.45, 7) is 3.23. The fraction of sp³-hybridized carbons (Fsp3) is 0.200. The summed E-state index contributed by atoms with van der Waals surface area (Å²) in [6, 6.07) is 3.58. The minimum Gasteiger partial charge on any atom is -0.478 e. The molecule has 4 aromatic heterocycles. The van der Waals surface area contributed by atoms with Crippen LogP contribution in [0.1, 0.15) is 51.0 Å². The van der Waals surface area contributed by atoms with Crippen LogP contribution in [0.4, 0.5) is 8.78 Å². The number of hydrogen-bond donors (Lipinski definition) is 1. The molecule has 5 rings (SSSR count). The van der Waals surface area contributed by atoms with Gasteiger partial charge in [-0.2, -0.15) is 0 Å². The zero-order valence-electron chi connectivity index (χ0n) is 18.9. The van der Waals surface area contributed by atoms with Gasteiger partial charge in [-0.3, -0.25) is 19.3 Å². The number of halogens is 4. The smallest absolute Gasteiger partial charge is 0.339 e. The van der Waals surface area contributed by atoms with E-state index in [1.165, 1.54) is 6.20 Å². The third kappa shape index (κ3) is 4.01. The standard InChI is InChI=1S/C25H17Cl2F2N3O3S/c1-10-6-31-21(23-19(28)17(9-36-23)25(34)35)20(29)22(10)32-11(2)3-16(18(27)24(32)33)15-5-14(15)12-4-13(26)8-30-7-12/h3-4,6-9,14-15H,5H2,1-2H3,(H,34,35)/t14-,15+/m1/s1.